The summed E-state index contributed by atoms with van der Waals surface area (Å²) >= 11 is 1.00. The number of nitrogens with zero attached hydrogens (tertiary/aromatic N) is 2. The third-order valence-corrected chi connectivity index (χ3v) is 4.97. The van der Waals surface area contributed by atoms with Gasteiger partial charge in [0.15, 0.2) is 13.0 Å². The van der Waals surface area contributed by atoms with Gasteiger partial charge in [0.05, 0.1) is 15.4 Å². The highest BCUT2D eigenvalue weighted by Crippen LogP contribution is 2.26. The molecule has 1 aromatic heterocycles. The molecule has 23 heavy (non-hydrogen) atoms. The SMILES string of the molecule is CC(Sc1c([O-])on[n+]1C)C(=O)Nc1ccc(S(N)(=O)=O)cc1. The number of nitrogens with one attached hydrogen (secondary N) is 1. The number of nitrogens with two attached hydrogens (primary N) is 1. The van der Waals surface area contributed by atoms with E-state index in [1.165, 1.54) is 36.0 Å². The molecule has 0 saturated heterocycles. The number of carbonyl (C=O) groups excluding carboxylic acids is 1. The van der Waals surface area contributed by atoms with Crippen molar-refractivity contribution in [2.75, 3.05) is 5.32 Å². The predicted molar refractivity (Wildman–Crippen MR) is 78.9 cm³/mol. The molecule has 11 heteroatoms. The zero-order chi connectivity index (χ0) is 17.2. The summed E-state index contributed by atoms with van der Waals surface area (Å²) in [5.41, 5.74) is 0.409. The van der Waals surface area contributed by atoms with Crippen molar-refractivity contribution in [3.8, 4) is 5.95 Å². The smallest absolute Gasteiger partial charge is 0.291 e. The van der Waals surface area contributed by atoms with Gasteiger partial charge in [0.25, 0.3) is 5.03 Å². The molecule has 0 radical (unpaired) electrons. The zero-order valence-electron chi connectivity index (χ0n) is 12.2. The summed E-state index contributed by atoms with van der Waals surface area (Å²) in [6.45, 7) is 1.62. The average molecular weight is 358 g/mol. The van der Waals surface area contributed by atoms with Crippen molar-refractivity contribution in [2.24, 2.45) is 12.2 Å². The number of thioether (sulfide) groups is 1. The molecule has 0 bridgehead atoms. The number of carbonyl (C=O) groups is 1. The predicted octanol–water partition coefficient (Wildman–Crippen LogP) is -0.661. The molecule has 1 amide bonds. The van der Waals surface area contributed by atoms with Crippen molar-refractivity contribution >= 4 is 33.4 Å². The number of primary sulfonamides is 1. The molecule has 1 aromatic carbocycles. The van der Waals surface area contributed by atoms with Crippen molar-refractivity contribution in [1.29, 1.82) is 0 Å². The van der Waals surface area contributed by atoms with Gasteiger partial charge in [-0.25, -0.2) is 13.6 Å². The molecule has 0 spiro atoms. The van der Waals surface area contributed by atoms with E-state index in [9.17, 15) is 18.3 Å². The highest BCUT2D eigenvalue weighted by Gasteiger charge is 2.23. The van der Waals surface area contributed by atoms with Crippen LogP contribution in [0.25, 0.3) is 0 Å². The van der Waals surface area contributed by atoms with Crippen LogP contribution in [0.5, 0.6) is 5.95 Å². The quantitative estimate of drug-likeness (QED) is 0.533. The second-order valence-electron chi connectivity index (χ2n) is 4.61. The maximum absolute atomic E-state index is 12.1. The standard InChI is InChI=1S/C12H14N4O5S2/c1-7(22-11-12(18)21-15-16(11)2)10(17)14-8-3-5-9(6-4-8)23(13,19)20/h3-7H,1-2H3,(H3-,13,14,15,17,18,19,20). The van der Waals surface area contributed by atoms with Crippen molar-refractivity contribution in [1.82, 2.24) is 5.27 Å². The van der Waals surface area contributed by atoms with E-state index in [1.807, 2.05) is 0 Å². The molecule has 0 aliphatic rings. The van der Waals surface area contributed by atoms with Gasteiger partial charge in [0.1, 0.15) is 0 Å². The molecule has 124 valence electrons. The Labute approximate surface area is 136 Å². The Morgan fingerprint density at radius 3 is 2.52 bits per heavy atom. The fraction of sp³-hybridized carbons (Fsp3) is 0.250. The Hall–Kier alpha value is -2.11. The first-order valence-corrected chi connectivity index (χ1v) is 8.74. The maximum atomic E-state index is 12.1. The second kappa shape index (κ2) is 6.56. The van der Waals surface area contributed by atoms with Gasteiger partial charge in [-0.3, -0.25) is 4.79 Å². The van der Waals surface area contributed by atoms with E-state index in [1.54, 1.807) is 6.92 Å². The lowest BCUT2D eigenvalue weighted by Gasteiger charge is -2.10. The molecular formula is C12H14N4O5S2. The molecule has 0 aliphatic carbocycles. The van der Waals surface area contributed by atoms with E-state index in [-0.39, 0.29) is 15.8 Å². The fourth-order valence-electron chi connectivity index (χ4n) is 1.62. The highest BCUT2D eigenvalue weighted by atomic mass is 32.2. The third-order valence-electron chi connectivity index (χ3n) is 2.82. The Bertz CT molecular complexity index is 797. The van der Waals surface area contributed by atoms with E-state index < -0.39 is 21.2 Å². The largest absolute Gasteiger partial charge is 0.538 e. The summed E-state index contributed by atoms with van der Waals surface area (Å²) in [6.07, 6.45) is 0. The molecule has 9 nitrogen and oxygen atoms in total. The van der Waals surface area contributed by atoms with Crippen LogP contribution in [0, 0.1) is 0 Å². The van der Waals surface area contributed by atoms with Crippen LogP contribution in [0.1, 0.15) is 6.92 Å². The van der Waals surface area contributed by atoms with Crippen LogP contribution < -0.4 is 20.2 Å². The molecule has 2 rings (SSSR count). The molecule has 2 aromatic rings. The van der Waals surface area contributed by atoms with E-state index in [0.717, 1.165) is 11.8 Å². The molecule has 0 fully saturated rings. The zero-order valence-corrected chi connectivity index (χ0v) is 13.8. The summed E-state index contributed by atoms with van der Waals surface area (Å²) < 4.78 is 28.0. The van der Waals surface area contributed by atoms with Gasteiger partial charge in [-0.2, -0.15) is 0 Å². The summed E-state index contributed by atoms with van der Waals surface area (Å²) in [7, 11) is -2.25. The van der Waals surface area contributed by atoms with Crippen molar-refractivity contribution in [3.05, 3.63) is 24.3 Å². The van der Waals surface area contributed by atoms with Gasteiger partial charge in [-0.15, -0.1) is 0 Å². The maximum Gasteiger partial charge on any atom is 0.291 e. The summed E-state index contributed by atoms with van der Waals surface area (Å²) in [6, 6.07) is 5.43. The van der Waals surface area contributed by atoms with E-state index >= 15 is 0 Å². The molecule has 0 aliphatic heterocycles. The number of sulfonamides is 1. The van der Waals surface area contributed by atoms with Crippen LogP contribution >= 0.6 is 11.8 Å². The minimum atomic E-state index is -3.78. The fourth-order valence-corrected chi connectivity index (χ4v) is 2.96. The number of hydrogen-bond donors (Lipinski definition) is 2. The lowest BCUT2D eigenvalue weighted by atomic mass is 10.3. The Morgan fingerprint density at radius 2 is 2.04 bits per heavy atom. The van der Waals surface area contributed by atoms with Crippen LogP contribution in [0.2, 0.25) is 0 Å². The number of aryl methyl sites for hydroxylation is 1. The number of benzene rings is 1. The van der Waals surface area contributed by atoms with Crippen LogP contribution in [0.3, 0.4) is 0 Å². The molecule has 1 unspecified atom stereocenters. The number of anilines is 1. The molecule has 1 heterocycles. The van der Waals surface area contributed by atoms with E-state index in [0.29, 0.717) is 5.69 Å². The molecule has 1 atom stereocenters. The average Bonchev–Trinajstić information content (AvgIpc) is 2.78. The Kier molecular flexibility index (Phi) is 4.92. The number of amides is 1. The lowest BCUT2D eigenvalue weighted by Crippen LogP contribution is -2.33. The van der Waals surface area contributed by atoms with Crippen molar-refractivity contribution in [3.63, 3.8) is 0 Å². The summed E-state index contributed by atoms with van der Waals surface area (Å²) in [4.78, 5) is 12.1. The number of rotatable bonds is 5. The molecule has 3 N–H and O–H groups in total. The molecular weight excluding hydrogens is 344 g/mol. The number of hydrogen-bond acceptors (Lipinski definition) is 7. The van der Waals surface area contributed by atoms with Gasteiger partial charge < -0.3 is 14.9 Å². The monoisotopic (exact) mass is 358 g/mol. The van der Waals surface area contributed by atoms with Gasteiger partial charge in [-0.05, 0) is 43.0 Å². The first kappa shape index (κ1) is 17.2. The van der Waals surface area contributed by atoms with E-state index in [4.69, 9.17) is 5.14 Å². The summed E-state index contributed by atoms with van der Waals surface area (Å²) in [5.74, 6) is -0.978. The van der Waals surface area contributed by atoms with Gasteiger partial charge in [0, 0.05) is 5.69 Å². The minimum absolute atomic E-state index is 0.0505. The summed E-state index contributed by atoms with van der Waals surface area (Å²) in [5, 5.41) is 22.1. The highest BCUT2D eigenvalue weighted by molar-refractivity contribution is 8.00. The lowest BCUT2D eigenvalue weighted by molar-refractivity contribution is -0.772. The molecule has 0 saturated carbocycles. The van der Waals surface area contributed by atoms with Crippen LogP contribution in [0.15, 0.2) is 38.7 Å². The van der Waals surface area contributed by atoms with Crippen molar-refractivity contribution in [2.45, 2.75) is 22.1 Å². The Morgan fingerprint density at radius 1 is 1.43 bits per heavy atom. The minimum Gasteiger partial charge on any atom is -0.538 e. The first-order valence-electron chi connectivity index (χ1n) is 6.32. The Balaban J connectivity index is 2.04. The van der Waals surface area contributed by atoms with Crippen LogP contribution in [-0.2, 0) is 21.9 Å². The van der Waals surface area contributed by atoms with Gasteiger partial charge in [-0.1, -0.05) is 4.68 Å². The normalized spacial score (nSPS) is 12.8. The van der Waals surface area contributed by atoms with E-state index in [2.05, 4.69) is 15.1 Å². The first-order chi connectivity index (χ1) is 10.7. The second-order valence-corrected chi connectivity index (χ2v) is 7.50. The van der Waals surface area contributed by atoms with Crippen LogP contribution in [-0.4, -0.2) is 24.8 Å². The number of aromatic nitrogens is 2. The van der Waals surface area contributed by atoms with Crippen molar-refractivity contribution < 1.29 is 27.5 Å². The van der Waals surface area contributed by atoms with Gasteiger partial charge in [0.2, 0.25) is 15.9 Å². The van der Waals surface area contributed by atoms with Crippen LogP contribution in [0.4, 0.5) is 5.69 Å². The van der Waals surface area contributed by atoms with Gasteiger partial charge >= 0.3 is 0 Å². The topological polar surface area (TPSA) is 142 Å². The third kappa shape index (κ3) is 4.21.